The Morgan fingerprint density at radius 3 is 2.71 bits per heavy atom. The van der Waals surface area contributed by atoms with Crippen LogP contribution in [0.3, 0.4) is 0 Å². The van der Waals surface area contributed by atoms with E-state index in [2.05, 4.69) is 38.2 Å². The van der Waals surface area contributed by atoms with Gasteiger partial charge in [0.2, 0.25) is 0 Å². The van der Waals surface area contributed by atoms with Crippen molar-refractivity contribution in [1.82, 2.24) is 5.32 Å². The van der Waals surface area contributed by atoms with E-state index >= 15 is 0 Å². The molecule has 0 saturated heterocycles. The fourth-order valence-electron chi connectivity index (χ4n) is 2.02. The Kier molecular flexibility index (Phi) is 6.37. The van der Waals surface area contributed by atoms with E-state index in [1.807, 2.05) is 6.07 Å². The smallest absolute Gasteiger partial charge is 0.127 e. The van der Waals surface area contributed by atoms with Gasteiger partial charge in [0.1, 0.15) is 11.5 Å². The van der Waals surface area contributed by atoms with Crippen molar-refractivity contribution in [3.05, 3.63) is 23.8 Å². The van der Waals surface area contributed by atoms with Gasteiger partial charge in [0, 0.05) is 24.2 Å². The highest BCUT2D eigenvalue weighted by Gasteiger charge is 2.20. The quantitative estimate of drug-likeness (QED) is 0.702. The van der Waals surface area contributed by atoms with E-state index in [1.54, 1.807) is 0 Å². The van der Waals surface area contributed by atoms with Crippen molar-refractivity contribution >= 4 is 0 Å². The second kappa shape index (κ2) is 8.28. The summed E-state index contributed by atoms with van der Waals surface area (Å²) in [5.74, 6) is 2.46. The molecule has 21 heavy (non-hydrogen) atoms. The van der Waals surface area contributed by atoms with Gasteiger partial charge in [-0.1, -0.05) is 33.3 Å². The van der Waals surface area contributed by atoms with Gasteiger partial charge in [0.15, 0.2) is 0 Å². The van der Waals surface area contributed by atoms with Gasteiger partial charge < -0.3 is 14.8 Å². The molecular weight excluding hydrogens is 262 g/mol. The third-order valence-corrected chi connectivity index (χ3v) is 3.89. The molecule has 1 fully saturated rings. The van der Waals surface area contributed by atoms with E-state index in [9.17, 15) is 0 Å². The lowest BCUT2D eigenvalue weighted by molar-refractivity contribution is 0.251. The second-order valence-corrected chi connectivity index (χ2v) is 6.10. The van der Waals surface area contributed by atoms with Crippen LogP contribution in [-0.2, 0) is 6.54 Å². The molecule has 118 valence electrons. The first-order valence-corrected chi connectivity index (χ1v) is 8.34. The number of hydrogen-bond donors (Lipinski definition) is 1. The number of benzene rings is 1. The van der Waals surface area contributed by atoms with Crippen LogP contribution in [0.15, 0.2) is 18.2 Å². The van der Waals surface area contributed by atoms with Crippen LogP contribution < -0.4 is 14.8 Å². The zero-order valence-corrected chi connectivity index (χ0v) is 13.7. The molecule has 3 heteroatoms. The molecule has 1 atom stereocenters. The van der Waals surface area contributed by atoms with E-state index in [0.717, 1.165) is 44.1 Å². The molecule has 1 N–H and O–H groups in total. The van der Waals surface area contributed by atoms with Crippen molar-refractivity contribution in [2.75, 3.05) is 13.2 Å². The molecule has 1 aromatic rings. The molecule has 0 amide bonds. The van der Waals surface area contributed by atoms with Crippen LogP contribution in [0.5, 0.6) is 11.5 Å². The van der Waals surface area contributed by atoms with E-state index in [4.69, 9.17) is 9.47 Å². The third-order valence-electron chi connectivity index (χ3n) is 3.89. The monoisotopic (exact) mass is 291 g/mol. The summed E-state index contributed by atoms with van der Waals surface area (Å²) in [4.78, 5) is 0. The minimum atomic E-state index is 0.578. The zero-order valence-electron chi connectivity index (χ0n) is 13.7. The Balaban J connectivity index is 2.01. The first kappa shape index (κ1) is 16.2. The van der Waals surface area contributed by atoms with Gasteiger partial charge in [-0.3, -0.25) is 0 Å². The van der Waals surface area contributed by atoms with Crippen molar-refractivity contribution in [3.63, 3.8) is 0 Å². The van der Waals surface area contributed by atoms with Gasteiger partial charge in [-0.25, -0.2) is 0 Å². The minimum absolute atomic E-state index is 0.578. The molecular formula is C18H29NO2. The molecule has 3 nitrogen and oxygen atoms in total. The molecule has 0 aliphatic heterocycles. The SMILES string of the molecule is CCCOc1ccc(CNC2CC2)c(OCC(C)CC)c1. The highest BCUT2D eigenvalue weighted by molar-refractivity contribution is 5.41. The Morgan fingerprint density at radius 1 is 1.24 bits per heavy atom. The van der Waals surface area contributed by atoms with Gasteiger partial charge in [0.05, 0.1) is 13.2 Å². The number of nitrogens with one attached hydrogen (secondary N) is 1. The number of ether oxygens (including phenoxy) is 2. The minimum Gasteiger partial charge on any atom is -0.493 e. The van der Waals surface area contributed by atoms with Crippen LogP contribution in [0.4, 0.5) is 0 Å². The molecule has 1 aliphatic carbocycles. The molecule has 0 radical (unpaired) electrons. The molecule has 1 aliphatic rings. The van der Waals surface area contributed by atoms with Crippen molar-refractivity contribution in [1.29, 1.82) is 0 Å². The summed E-state index contributed by atoms with van der Waals surface area (Å²) in [6.07, 6.45) is 4.78. The van der Waals surface area contributed by atoms with Crippen molar-refractivity contribution < 1.29 is 9.47 Å². The van der Waals surface area contributed by atoms with Gasteiger partial charge >= 0.3 is 0 Å². The van der Waals surface area contributed by atoms with Gasteiger partial charge in [-0.05, 0) is 31.2 Å². The molecule has 2 rings (SSSR count). The topological polar surface area (TPSA) is 30.5 Å². The van der Waals surface area contributed by atoms with Crippen molar-refractivity contribution in [2.24, 2.45) is 5.92 Å². The Morgan fingerprint density at radius 2 is 2.05 bits per heavy atom. The van der Waals surface area contributed by atoms with Crippen LogP contribution in [0.2, 0.25) is 0 Å². The highest BCUT2D eigenvalue weighted by atomic mass is 16.5. The predicted molar refractivity (Wildman–Crippen MR) is 87.0 cm³/mol. The van der Waals surface area contributed by atoms with Gasteiger partial charge in [-0.2, -0.15) is 0 Å². The van der Waals surface area contributed by atoms with Crippen LogP contribution in [0.25, 0.3) is 0 Å². The molecule has 0 heterocycles. The summed E-state index contributed by atoms with van der Waals surface area (Å²) in [7, 11) is 0. The standard InChI is InChI=1S/C18H29NO2/c1-4-10-20-17-9-6-15(12-19-16-7-8-16)18(11-17)21-13-14(3)5-2/h6,9,11,14,16,19H,4-5,7-8,10,12-13H2,1-3H3. The lowest BCUT2D eigenvalue weighted by Gasteiger charge is -2.16. The maximum Gasteiger partial charge on any atom is 0.127 e. The first-order chi connectivity index (χ1) is 10.2. The van der Waals surface area contributed by atoms with Crippen LogP contribution in [0.1, 0.15) is 52.0 Å². The maximum absolute atomic E-state index is 6.04. The lowest BCUT2D eigenvalue weighted by atomic mass is 10.1. The van der Waals surface area contributed by atoms with E-state index in [0.29, 0.717) is 12.0 Å². The molecule has 0 spiro atoms. The highest BCUT2D eigenvalue weighted by Crippen LogP contribution is 2.27. The number of hydrogen-bond acceptors (Lipinski definition) is 3. The second-order valence-electron chi connectivity index (χ2n) is 6.10. The van der Waals surface area contributed by atoms with Crippen LogP contribution in [-0.4, -0.2) is 19.3 Å². The van der Waals surface area contributed by atoms with E-state index < -0.39 is 0 Å². The average molecular weight is 291 g/mol. The Hall–Kier alpha value is -1.22. The Bertz CT molecular complexity index is 429. The summed E-state index contributed by atoms with van der Waals surface area (Å²) < 4.78 is 11.8. The maximum atomic E-state index is 6.04. The fraction of sp³-hybridized carbons (Fsp3) is 0.667. The predicted octanol–water partition coefficient (Wildman–Crippen LogP) is 4.15. The largest absolute Gasteiger partial charge is 0.493 e. The summed E-state index contributed by atoms with van der Waals surface area (Å²) in [6.45, 7) is 8.95. The van der Waals surface area contributed by atoms with Crippen LogP contribution >= 0.6 is 0 Å². The summed E-state index contributed by atoms with van der Waals surface area (Å²) in [5.41, 5.74) is 1.23. The van der Waals surface area contributed by atoms with E-state index in [-0.39, 0.29) is 0 Å². The number of rotatable bonds is 10. The third kappa shape index (κ3) is 5.58. The molecule has 1 unspecified atom stereocenters. The van der Waals surface area contributed by atoms with Crippen LogP contribution in [0, 0.1) is 5.92 Å². The fourth-order valence-corrected chi connectivity index (χ4v) is 2.02. The van der Waals surface area contributed by atoms with Crippen molar-refractivity contribution in [2.45, 2.75) is 59.0 Å². The van der Waals surface area contributed by atoms with Gasteiger partial charge in [-0.15, -0.1) is 0 Å². The first-order valence-electron chi connectivity index (χ1n) is 8.34. The normalized spacial score (nSPS) is 15.8. The van der Waals surface area contributed by atoms with E-state index in [1.165, 1.54) is 18.4 Å². The summed E-state index contributed by atoms with van der Waals surface area (Å²) in [6, 6.07) is 6.94. The van der Waals surface area contributed by atoms with Gasteiger partial charge in [0.25, 0.3) is 0 Å². The Labute approximate surface area is 129 Å². The molecule has 0 bridgehead atoms. The zero-order chi connectivity index (χ0) is 15.1. The summed E-state index contributed by atoms with van der Waals surface area (Å²) >= 11 is 0. The average Bonchev–Trinajstić information content (AvgIpc) is 3.33. The summed E-state index contributed by atoms with van der Waals surface area (Å²) in [5, 5.41) is 3.56. The molecule has 1 saturated carbocycles. The van der Waals surface area contributed by atoms with Crippen molar-refractivity contribution in [3.8, 4) is 11.5 Å². The molecule has 1 aromatic carbocycles. The lowest BCUT2D eigenvalue weighted by Crippen LogP contribution is -2.17. The molecule has 0 aromatic heterocycles.